The molecule has 3 aromatic rings. The lowest BCUT2D eigenvalue weighted by atomic mass is 9.95. The number of carbonyl (C=O) groups excluding carboxylic acids is 1. The van der Waals surface area contributed by atoms with E-state index in [1.54, 1.807) is 30.3 Å². The minimum atomic E-state index is -4.55. The number of nitrogens with one attached hydrogen (secondary N) is 2. The molecule has 0 spiro atoms. The van der Waals surface area contributed by atoms with Crippen molar-refractivity contribution in [2.45, 2.75) is 37.3 Å². The van der Waals surface area contributed by atoms with E-state index in [4.69, 9.17) is 0 Å². The SMILES string of the molecule is CNC(=O)C(NC(CCc1ccc(C(F)(F)F)cc1)c1cccc(C(F)(F)F)c1)c1ccccc1. The third kappa shape index (κ3) is 7.08. The van der Waals surface area contributed by atoms with E-state index in [0.717, 1.165) is 24.3 Å². The zero-order chi connectivity index (χ0) is 25.6. The minimum Gasteiger partial charge on any atom is -0.358 e. The van der Waals surface area contributed by atoms with Crippen molar-refractivity contribution in [1.29, 1.82) is 0 Å². The van der Waals surface area contributed by atoms with Crippen molar-refractivity contribution < 1.29 is 31.1 Å². The zero-order valence-corrected chi connectivity index (χ0v) is 18.8. The van der Waals surface area contributed by atoms with Crippen molar-refractivity contribution in [1.82, 2.24) is 10.6 Å². The van der Waals surface area contributed by atoms with Crippen LogP contribution in [0.1, 0.15) is 46.3 Å². The van der Waals surface area contributed by atoms with E-state index in [-0.39, 0.29) is 18.7 Å². The summed E-state index contributed by atoms with van der Waals surface area (Å²) in [6, 6.07) is 16.6. The fourth-order valence-corrected chi connectivity index (χ4v) is 3.76. The summed E-state index contributed by atoms with van der Waals surface area (Å²) in [6.45, 7) is 0. The van der Waals surface area contributed by atoms with Crippen LogP contribution < -0.4 is 10.6 Å². The summed E-state index contributed by atoms with van der Waals surface area (Å²) in [6.07, 6.45) is -8.49. The van der Waals surface area contributed by atoms with Crippen LogP contribution in [0.5, 0.6) is 0 Å². The molecule has 9 heteroatoms. The Balaban J connectivity index is 1.92. The highest BCUT2D eigenvalue weighted by molar-refractivity contribution is 5.83. The number of halogens is 6. The number of hydrogen-bond acceptors (Lipinski definition) is 2. The molecule has 3 aromatic carbocycles. The van der Waals surface area contributed by atoms with E-state index < -0.39 is 35.6 Å². The normalized spacial score (nSPS) is 13.8. The van der Waals surface area contributed by atoms with E-state index in [9.17, 15) is 31.1 Å². The zero-order valence-electron chi connectivity index (χ0n) is 18.8. The monoisotopic (exact) mass is 494 g/mol. The topological polar surface area (TPSA) is 41.1 Å². The molecule has 0 heterocycles. The number of benzene rings is 3. The molecule has 1 amide bonds. The van der Waals surface area contributed by atoms with Gasteiger partial charge in [-0.25, -0.2) is 0 Å². The highest BCUT2D eigenvalue weighted by Crippen LogP contribution is 2.33. The molecule has 0 saturated carbocycles. The Kier molecular flexibility index (Phi) is 8.22. The molecule has 0 fully saturated rings. The molecule has 3 nitrogen and oxygen atoms in total. The Morgan fingerprint density at radius 2 is 1.37 bits per heavy atom. The first-order valence-electron chi connectivity index (χ1n) is 10.8. The summed E-state index contributed by atoms with van der Waals surface area (Å²) in [5.74, 6) is -0.372. The first-order valence-corrected chi connectivity index (χ1v) is 10.8. The maximum absolute atomic E-state index is 13.4. The van der Waals surface area contributed by atoms with Crippen LogP contribution in [-0.2, 0) is 23.6 Å². The summed E-state index contributed by atoms with van der Waals surface area (Å²) in [7, 11) is 1.46. The van der Waals surface area contributed by atoms with Crippen LogP contribution in [0.4, 0.5) is 26.3 Å². The van der Waals surface area contributed by atoms with Crippen molar-refractivity contribution in [3.8, 4) is 0 Å². The molecular formula is C26H24F6N2O. The quantitative estimate of drug-likeness (QED) is 0.352. The van der Waals surface area contributed by atoms with Gasteiger partial charge in [0.15, 0.2) is 0 Å². The molecule has 0 aliphatic rings. The fourth-order valence-electron chi connectivity index (χ4n) is 3.76. The molecule has 0 radical (unpaired) electrons. The molecular weight excluding hydrogens is 470 g/mol. The number of aryl methyl sites for hydroxylation is 1. The molecule has 2 atom stereocenters. The van der Waals surface area contributed by atoms with Crippen LogP contribution in [0.3, 0.4) is 0 Å². The van der Waals surface area contributed by atoms with E-state index >= 15 is 0 Å². The van der Waals surface area contributed by atoms with Gasteiger partial charge in [0.05, 0.1) is 11.1 Å². The Morgan fingerprint density at radius 3 is 1.94 bits per heavy atom. The van der Waals surface area contributed by atoms with Crippen LogP contribution >= 0.6 is 0 Å². The second kappa shape index (κ2) is 10.9. The van der Waals surface area contributed by atoms with Gasteiger partial charge in [0.1, 0.15) is 6.04 Å². The van der Waals surface area contributed by atoms with Gasteiger partial charge in [-0.3, -0.25) is 10.1 Å². The molecule has 0 aliphatic heterocycles. The summed E-state index contributed by atoms with van der Waals surface area (Å²) >= 11 is 0. The van der Waals surface area contributed by atoms with Crippen LogP contribution in [0, 0.1) is 0 Å². The van der Waals surface area contributed by atoms with Gasteiger partial charge in [0, 0.05) is 13.1 Å². The molecule has 0 aromatic heterocycles. The molecule has 0 aliphatic carbocycles. The fraction of sp³-hybridized carbons (Fsp3) is 0.269. The van der Waals surface area contributed by atoms with Crippen molar-refractivity contribution in [3.05, 3.63) is 107 Å². The highest BCUT2D eigenvalue weighted by atomic mass is 19.4. The third-order valence-electron chi connectivity index (χ3n) is 5.63. The molecule has 3 rings (SSSR count). The van der Waals surface area contributed by atoms with Gasteiger partial charge in [-0.2, -0.15) is 26.3 Å². The molecule has 0 bridgehead atoms. The summed E-state index contributed by atoms with van der Waals surface area (Å²) < 4.78 is 78.6. The maximum Gasteiger partial charge on any atom is 0.416 e. The summed E-state index contributed by atoms with van der Waals surface area (Å²) in [4.78, 5) is 12.7. The van der Waals surface area contributed by atoms with Gasteiger partial charge in [0.2, 0.25) is 5.91 Å². The van der Waals surface area contributed by atoms with Crippen molar-refractivity contribution in [2.75, 3.05) is 7.05 Å². The lowest BCUT2D eigenvalue weighted by Gasteiger charge is -2.26. The van der Waals surface area contributed by atoms with E-state index in [0.29, 0.717) is 16.7 Å². The van der Waals surface area contributed by atoms with Crippen LogP contribution in [0.25, 0.3) is 0 Å². The van der Waals surface area contributed by atoms with Crippen molar-refractivity contribution >= 4 is 5.91 Å². The summed E-state index contributed by atoms with van der Waals surface area (Å²) in [5, 5.41) is 5.72. The highest BCUT2D eigenvalue weighted by Gasteiger charge is 2.32. The molecule has 0 saturated heterocycles. The second-order valence-electron chi connectivity index (χ2n) is 8.03. The minimum absolute atomic E-state index is 0.243. The van der Waals surface area contributed by atoms with Gasteiger partial charge in [-0.15, -0.1) is 0 Å². The Morgan fingerprint density at radius 1 is 0.771 bits per heavy atom. The number of rotatable bonds is 8. The first-order chi connectivity index (χ1) is 16.5. The number of hydrogen-bond donors (Lipinski definition) is 2. The molecule has 35 heavy (non-hydrogen) atoms. The first kappa shape index (κ1) is 26.3. The standard InChI is InChI=1S/C26H24F6N2O/c1-33-24(35)23(18-6-3-2-4-7-18)34-22(19-8-5-9-21(16-19)26(30,31)32)15-12-17-10-13-20(14-11-17)25(27,28)29/h2-11,13-14,16,22-23,34H,12,15H2,1H3,(H,33,35). The smallest absolute Gasteiger partial charge is 0.358 e. The molecule has 2 unspecified atom stereocenters. The Bertz CT molecular complexity index is 1110. The van der Waals surface area contributed by atoms with E-state index in [2.05, 4.69) is 10.6 Å². The number of alkyl halides is 6. The predicted octanol–water partition coefficient (Wildman–Crippen LogP) is 6.48. The molecule has 2 N–H and O–H groups in total. The van der Waals surface area contributed by atoms with E-state index in [1.807, 2.05) is 0 Å². The number of amides is 1. The van der Waals surface area contributed by atoms with Gasteiger partial charge in [0.25, 0.3) is 0 Å². The van der Waals surface area contributed by atoms with Gasteiger partial charge in [-0.05, 0) is 53.8 Å². The Labute approximate surface area is 199 Å². The van der Waals surface area contributed by atoms with Crippen molar-refractivity contribution in [3.63, 3.8) is 0 Å². The lowest BCUT2D eigenvalue weighted by molar-refractivity contribution is -0.138. The average molecular weight is 494 g/mol. The maximum atomic E-state index is 13.4. The van der Waals surface area contributed by atoms with Crippen molar-refractivity contribution in [2.24, 2.45) is 0 Å². The Hall–Kier alpha value is -3.33. The van der Waals surface area contributed by atoms with Gasteiger partial charge in [-0.1, -0.05) is 54.6 Å². The number of likely N-dealkylation sites (N-methyl/N-ethyl adjacent to an activating group) is 1. The third-order valence-corrected chi connectivity index (χ3v) is 5.63. The molecule has 186 valence electrons. The number of carbonyl (C=O) groups is 1. The van der Waals surface area contributed by atoms with Crippen LogP contribution in [0.2, 0.25) is 0 Å². The largest absolute Gasteiger partial charge is 0.416 e. The van der Waals surface area contributed by atoms with Gasteiger partial charge < -0.3 is 5.32 Å². The second-order valence-corrected chi connectivity index (χ2v) is 8.03. The average Bonchev–Trinajstić information content (AvgIpc) is 2.83. The lowest BCUT2D eigenvalue weighted by Crippen LogP contribution is -2.38. The van der Waals surface area contributed by atoms with Crippen LogP contribution in [0.15, 0.2) is 78.9 Å². The van der Waals surface area contributed by atoms with E-state index in [1.165, 1.54) is 31.3 Å². The predicted molar refractivity (Wildman–Crippen MR) is 120 cm³/mol. The van der Waals surface area contributed by atoms with Crippen LogP contribution in [-0.4, -0.2) is 13.0 Å². The van der Waals surface area contributed by atoms with Gasteiger partial charge >= 0.3 is 12.4 Å². The summed E-state index contributed by atoms with van der Waals surface area (Å²) in [5.41, 5.74) is -0.0759.